The highest BCUT2D eigenvalue weighted by molar-refractivity contribution is 4.79. The van der Waals surface area contributed by atoms with Gasteiger partial charge in [0, 0.05) is 6.54 Å². The van der Waals surface area contributed by atoms with Crippen LogP contribution in [0.2, 0.25) is 0 Å². The molecule has 0 spiro atoms. The number of hydrogen-bond acceptors (Lipinski definition) is 2. The van der Waals surface area contributed by atoms with E-state index in [4.69, 9.17) is 10.5 Å². The van der Waals surface area contributed by atoms with Gasteiger partial charge in [0.25, 0.3) is 0 Å². The van der Waals surface area contributed by atoms with Crippen LogP contribution in [0, 0.1) is 5.41 Å². The zero-order valence-electron chi connectivity index (χ0n) is 9.88. The van der Waals surface area contributed by atoms with E-state index in [0.29, 0.717) is 18.1 Å². The topological polar surface area (TPSA) is 35.2 Å². The second kappa shape index (κ2) is 5.13. The first kappa shape index (κ1) is 12.0. The van der Waals surface area contributed by atoms with Crippen molar-refractivity contribution in [2.24, 2.45) is 11.1 Å². The molecule has 0 radical (unpaired) electrons. The summed E-state index contributed by atoms with van der Waals surface area (Å²) in [4.78, 5) is 0. The Morgan fingerprint density at radius 2 is 1.93 bits per heavy atom. The third-order valence-electron chi connectivity index (χ3n) is 3.39. The van der Waals surface area contributed by atoms with E-state index in [2.05, 4.69) is 20.8 Å². The summed E-state index contributed by atoms with van der Waals surface area (Å²) in [6.07, 6.45) is 6.79. The molecule has 1 saturated carbocycles. The summed E-state index contributed by atoms with van der Waals surface area (Å²) < 4.78 is 5.96. The smallest absolute Gasteiger partial charge is 0.0698 e. The largest absolute Gasteiger partial charge is 0.374 e. The average Bonchev–Trinajstić information content (AvgIpc) is 2.16. The minimum absolute atomic E-state index is 0.279. The molecule has 1 aliphatic rings. The van der Waals surface area contributed by atoms with E-state index in [1.807, 2.05) is 0 Å². The molecule has 0 amide bonds. The van der Waals surface area contributed by atoms with E-state index >= 15 is 0 Å². The number of ether oxygens (including phenoxy) is 1. The van der Waals surface area contributed by atoms with E-state index in [1.165, 1.54) is 25.7 Å². The van der Waals surface area contributed by atoms with Crippen LogP contribution in [0.3, 0.4) is 0 Å². The van der Waals surface area contributed by atoms with Crippen molar-refractivity contribution in [2.75, 3.05) is 6.54 Å². The summed E-state index contributed by atoms with van der Waals surface area (Å²) >= 11 is 0. The van der Waals surface area contributed by atoms with Crippen molar-refractivity contribution >= 4 is 0 Å². The predicted octanol–water partition coefficient (Wildman–Crippen LogP) is 2.71. The van der Waals surface area contributed by atoms with Crippen LogP contribution < -0.4 is 5.73 Å². The summed E-state index contributed by atoms with van der Waals surface area (Å²) in [5.74, 6) is 0. The summed E-state index contributed by atoms with van der Waals surface area (Å²) in [7, 11) is 0. The third kappa shape index (κ3) is 3.58. The lowest BCUT2D eigenvalue weighted by Crippen LogP contribution is -2.32. The lowest BCUT2D eigenvalue weighted by atomic mass is 9.76. The molecule has 1 atom stereocenters. The molecule has 1 fully saturated rings. The predicted molar refractivity (Wildman–Crippen MR) is 60.3 cm³/mol. The van der Waals surface area contributed by atoms with Crippen molar-refractivity contribution in [3.05, 3.63) is 0 Å². The summed E-state index contributed by atoms with van der Waals surface area (Å²) in [5, 5.41) is 0. The van der Waals surface area contributed by atoms with E-state index in [-0.39, 0.29) is 6.10 Å². The van der Waals surface area contributed by atoms with Crippen LogP contribution in [0.1, 0.15) is 52.9 Å². The van der Waals surface area contributed by atoms with Gasteiger partial charge >= 0.3 is 0 Å². The quantitative estimate of drug-likeness (QED) is 0.755. The van der Waals surface area contributed by atoms with Gasteiger partial charge in [-0.2, -0.15) is 0 Å². The normalized spacial score (nSPS) is 24.9. The number of rotatable bonds is 4. The van der Waals surface area contributed by atoms with Gasteiger partial charge in [0.1, 0.15) is 0 Å². The average molecular weight is 199 g/mol. The van der Waals surface area contributed by atoms with Crippen LogP contribution in [0.15, 0.2) is 0 Å². The molecule has 2 heteroatoms. The third-order valence-corrected chi connectivity index (χ3v) is 3.39. The van der Waals surface area contributed by atoms with E-state index < -0.39 is 0 Å². The molecule has 2 N–H and O–H groups in total. The Morgan fingerprint density at radius 3 is 2.36 bits per heavy atom. The minimum atomic E-state index is 0.279. The van der Waals surface area contributed by atoms with Gasteiger partial charge in [-0.25, -0.2) is 0 Å². The maximum atomic E-state index is 5.96. The molecule has 1 aliphatic carbocycles. The number of nitrogens with two attached hydrogens (primary N) is 1. The van der Waals surface area contributed by atoms with Gasteiger partial charge in [-0.05, 0) is 37.5 Å². The van der Waals surface area contributed by atoms with Crippen molar-refractivity contribution in [1.29, 1.82) is 0 Å². The van der Waals surface area contributed by atoms with E-state index in [0.717, 1.165) is 6.42 Å². The highest BCUT2D eigenvalue weighted by Gasteiger charge is 2.28. The standard InChI is InChI=1S/C12H25NO/c1-4-10(9-13)14-11-5-7-12(2,3)8-6-11/h10-11H,4-9,13H2,1-3H3. The lowest BCUT2D eigenvalue weighted by molar-refractivity contribution is -0.0423. The Balaban J connectivity index is 2.28. The fourth-order valence-electron chi connectivity index (χ4n) is 2.10. The zero-order chi connectivity index (χ0) is 10.6. The maximum Gasteiger partial charge on any atom is 0.0698 e. The molecule has 0 bridgehead atoms. The molecule has 0 aromatic rings. The molecule has 0 saturated heterocycles. The van der Waals surface area contributed by atoms with Gasteiger partial charge in [-0.3, -0.25) is 0 Å². The first-order valence-corrected chi connectivity index (χ1v) is 5.93. The molecule has 14 heavy (non-hydrogen) atoms. The SMILES string of the molecule is CCC(CN)OC1CCC(C)(C)CC1. The Hall–Kier alpha value is -0.0800. The van der Waals surface area contributed by atoms with Crippen LogP contribution in [-0.2, 0) is 4.74 Å². The second-order valence-corrected chi connectivity index (χ2v) is 5.27. The Morgan fingerprint density at radius 1 is 1.36 bits per heavy atom. The molecule has 0 heterocycles. The van der Waals surface area contributed by atoms with Crippen molar-refractivity contribution in [2.45, 2.75) is 65.1 Å². The maximum absolute atomic E-state index is 5.96. The molecule has 1 unspecified atom stereocenters. The molecular formula is C12H25NO. The van der Waals surface area contributed by atoms with Gasteiger partial charge in [0.05, 0.1) is 12.2 Å². The Labute approximate surface area is 88.2 Å². The van der Waals surface area contributed by atoms with Gasteiger partial charge < -0.3 is 10.5 Å². The summed E-state index contributed by atoms with van der Waals surface area (Å²) in [6.45, 7) is 7.51. The summed E-state index contributed by atoms with van der Waals surface area (Å²) in [6, 6.07) is 0. The van der Waals surface area contributed by atoms with Gasteiger partial charge in [-0.15, -0.1) is 0 Å². The first-order chi connectivity index (χ1) is 6.57. The van der Waals surface area contributed by atoms with Crippen LogP contribution in [-0.4, -0.2) is 18.8 Å². The van der Waals surface area contributed by atoms with Crippen LogP contribution in [0.4, 0.5) is 0 Å². The van der Waals surface area contributed by atoms with Crippen molar-refractivity contribution in [3.8, 4) is 0 Å². The molecule has 1 rings (SSSR count). The fourth-order valence-corrected chi connectivity index (χ4v) is 2.10. The van der Waals surface area contributed by atoms with Crippen molar-refractivity contribution < 1.29 is 4.74 Å². The van der Waals surface area contributed by atoms with Gasteiger partial charge in [0.15, 0.2) is 0 Å². The van der Waals surface area contributed by atoms with Crippen molar-refractivity contribution in [1.82, 2.24) is 0 Å². The molecule has 0 aliphatic heterocycles. The molecular weight excluding hydrogens is 174 g/mol. The number of hydrogen-bond donors (Lipinski definition) is 1. The van der Waals surface area contributed by atoms with E-state index in [1.54, 1.807) is 0 Å². The van der Waals surface area contributed by atoms with Crippen LogP contribution in [0.5, 0.6) is 0 Å². The fraction of sp³-hybridized carbons (Fsp3) is 1.00. The first-order valence-electron chi connectivity index (χ1n) is 5.93. The minimum Gasteiger partial charge on any atom is -0.374 e. The Kier molecular flexibility index (Phi) is 4.39. The van der Waals surface area contributed by atoms with Crippen molar-refractivity contribution in [3.63, 3.8) is 0 Å². The zero-order valence-corrected chi connectivity index (χ0v) is 9.88. The molecule has 0 aromatic carbocycles. The van der Waals surface area contributed by atoms with Crippen LogP contribution in [0.25, 0.3) is 0 Å². The van der Waals surface area contributed by atoms with Gasteiger partial charge in [-0.1, -0.05) is 20.8 Å². The highest BCUT2D eigenvalue weighted by Crippen LogP contribution is 2.36. The van der Waals surface area contributed by atoms with Crippen LogP contribution >= 0.6 is 0 Å². The lowest BCUT2D eigenvalue weighted by Gasteiger charge is -2.35. The Bertz CT molecular complexity index is 154. The van der Waals surface area contributed by atoms with E-state index in [9.17, 15) is 0 Å². The second-order valence-electron chi connectivity index (χ2n) is 5.27. The molecule has 0 aromatic heterocycles. The summed E-state index contributed by atoms with van der Waals surface area (Å²) in [5.41, 5.74) is 6.16. The van der Waals surface area contributed by atoms with Gasteiger partial charge in [0.2, 0.25) is 0 Å². The molecule has 84 valence electrons. The molecule has 2 nitrogen and oxygen atoms in total. The highest BCUT2D eigenvalue weighted by atomic mass is 16.5. The monoisotopic (exact) mass is 199 g/mol.